The van der Waals surface area contributed by atoms with E-state index >= 15 is 0 Å². The standard InChI is InChI=1S/C58H37N5/c1-5-15-38(16-6-1)39-25-29-43(30-26-39)57-60-56(42-19-9-3-10-20-42)61-58(62-57)44-31-27-40(28-32-44)45-33-34-48-51-36-35-50-47-23-13-14-24-49(47)53(41-17-7-2-8-18-41)59-54(50)55(51)63(52(48)37-45)46-21-11-4-12-22-46/h1-37H. The van der Waals surface area contributed by atoms with E-state index in [4.69, 9.17) is 19.9 Å². The molecular formula is C58H37N5. The van der Waals surface area contributed by atoms with Gasteiger partial charge in [-0.15, -0.1) is 0 Å². The van der Waals surface area contributed by atoms with E-state index in [1.54, 1.807) is 0 Å². The molecule has 12 aromatic rings. The molecular weight excluding hydrogens is 767 g/mol. The molecule has 0 fully saturated rings. The molecule has 0 saturated carbocycles. The Morgan fingerprint density at radius 1 is 0.270 bits per heavy atom. The van der Waals surface area contributed by atoms with Gasteiger partial charge >= 0.3 is 0 Å². The van der Waals surface area contributed by atoms with E-state index in [-0.39, 0.29) is 0 Å². The highest BCUT2D eigenvalue weighted by Gasteiger charge is 2.20. The minimum Gasteiger partial charge on any atom is -0.307 e. The van der Waals surface area contributed by atoms with Crippen molar-refractivity contribution in [2.24, 2.45) is 0 Å². The minimum atomic E-state index is 0.624. The molecule has 0 atom stereocenters. The molecule has 0 aliphatic carbocycles. The van der Waals surface area contributed by atoms with Crippen LogP contribution in [0.4, 0.5) is 0 Å². The van der Waals surface area contributed by atoms with Crippen LogP contribution in [-0.2, 0) is 0 Å². The van der Waals surface area contributed by atoms with Gasteiger partial charge < -0.3 is 4.57 Å². The van der Waals surface area contributed by atoms with E-state index in [2.05, 4.69) is 193 Å². The Hall–Kier alpha value is -8.54. The summed E-state index contributed by atoms with van der Waals surface area (Å²) in [5.74, 6) is 1.89. The number of hydrogen-bond acceptors (Lipinski definition) is 4. The number of pyridine rings is 1. The fourth-order valence-corrected chi connectivity index (χ4v) is 8.96. The van der Waals surface area contributed by atoms with Crippen LogP contribution < -0.4 is 0 Å². The van der Waals surface area contributed by atoms with Gasteiger partial charge in [-0.2, -0.15) is 0 Å². The van der Waals surface area contributed by atoms with Crippen LogP contribution >= 0.6 is 0 Å². The second-order valence-electron chi connectivity index (χ2n) is 15.8. The first-order valence-corrected chi connectivity index (χ1v) is 21.2. The summed E-state index contributed by atoms with van der Waals surface area (Å²) in [5.41, 5.74) is 13.7. The third kappa shape index (κ3) is 6.42. The van der Waals surface area contributed by atoms with Crippen molar-refractivity contribution in [1.82, 2.24) is 24.5 Å². The topological polar surface area (TPSA) is 56.5 Å². The number of rotatable bonds is 7. The molecule has 12 rings (SSSR count). The zero-order valence-corrected chi connectivity index (χ0v) is 34.1. The molecule has 294 valence electrons. The van der Waals surface area contributed by atoms with Crippen molar-refractivity contribution >= 4 is 43.5 Å². The predicted molar refractivity (Wildman–Crippen MR) is 260 cm³/mol. The maximum atomic E-state index is 5.53. The van der Waals surface area contributed by atoms with Crippen LogP contribution in [0.3, 0.4) is 0 Å². The fourth-order valence-electron chi connectivity index (χ4n) is 8.96. The number of aromatic nitrogens is 5. The lowest BCUT2D eigenvalue weighted by molar-refractivity contribution is 1.07. The minimum absolute atomic E-state index is 0.624. The van der Waals surface area contributed by atoms with Crippen molar-refractivity contribution in [3.63, 3.8) is 0 Å². The van der Waals surface area contributed by atoms with Crippen LogP contribution in [0.2, 0.25) is 0 Å². The van der Waals surface area contributed by atoms with E-state index in [0.717, 1.165) is 77.6 Å². The van der Waals surface area contributed by atoms with Crippen molar-refractivity contribution in [3.8, 4) is 73.4 Å². The summed E-state index contributed by atoms with van der Waals surface area (Å²) in [7, 11) is 0. The number of benzene rings is 9. The molecule has 5 heteroatoms. The highest BCUT2D eigenvalue weighted by Crippen LogP contribution is 2.41. The van der Waals surface area contributed by atoms with Crippen LogP contribution in [0.25, 0.3) is 117 Å². The normalized spacial score (nSPS) is 11.5. The molecule has 63 heavy (non-hydrogen) atoms. The molecule has 0 aliphatic rings. The molecule has 0 bridgehead atoms. The van der Waals surface area contributed by atoms with Gasteiger partial charge in [0.1, 0.15) is 0 Å². The Kier molecular flexibility index (Phi) is 8.75. The molecule has 0 spiro atoms. The van der Waals surface area contributed by atoms with Crippen molar-refractivity contribution in [1.29, 1.82) is 0 Å². The van der Waals surface area contributed by atoms with Gasteiger partial charge in [-0.1, -0.05) is 206 Å². The van der Waals surface area contributed by atoms with Crippen molar-refractivity contribution in [2.45, 2.75) is 0 Å². The van der Waals surface area contributed by atoms with Gasteiger partial charge in [0.15, 0.2) is 17.5 Å². The molecule has 0 radical (unpaired) electrons. The second kappa shape index (κ2) is 15.2. The zero-order valence-electron chi connectivity index (χ0n) is 34.1. The molecule has 5 nitrogen and oxygen atoms in total. The summed E-state index contributed by atoms with van der Waals surface area (Å²) < 4.78 is 2.39. The summed E-state index contributed by atoms with van der Waals surface area (Å²) >= 11 is 0. The van der Waals surface area contributed by atoms with E-state index in [0.29, 0.717) is 17.5 Å². The molecule has 3 aromatic heterocycles. The average Bonchev–Trinajstić information content (AvgIpc) is 3.71. The Bertz CT molecular complexity index is 3620. The van der Waals surface area contributed by atoms with Gasteiger partial charge in [0.05, 0.1) is 22.2 Å². The first-order chi connectivity index (χ1) is 31.2. The van der Waals surface area contributed by atoms with E-state index in [1.165, 1.54) is 21.7 Å². The summed E-state index contributed by atoms with van der Waals surface area (Å²) in [5, 5.41) is 5.81. The highest BCUT2D eigenvalue weighted by atomic mass is 15.0. The number of hydrogen-bond donors (Lipinski definition) is 0. The van der Waals surface area contributed by atoms with Gasteiger partial charge in [-0.05, 0) is 45.8 Å². The van der Waals surface area contributed by atoms with Crippen LogP contribution in [0.1, 0.15) is 0 Å². The van der Waals surface area contributed by atoms with Gasteiger partial charge in [-0.3, -0.25) is 0 Å². The van der Waals surface area contributed by atoms with Gasteiger partial charge in [0.25, 0.3) is 0 Å². The number of nitrogens with zero attached hydrogens (tertiary/aromatic N) is 5. The van der Waals surface area contributed by atoms with Crippen LogP contribution in [0.15, 0.2) is 224 Å². The SMILES string of the molecule is c1ccc(-c2ccc(-c3nc(-c4ccccc4)nc(-c4ccc(-c5ccc6c7ccc8c9ccccc9c(-c9ccccc9)nc8c7n(-c7ccccc7)c6c5)cc4)n3)cc2)cc1. The lowest BCUT2D eigenvalue weighted by Gasteiger charge is -2.13. The molecule has 9 aromatic carbocycles. The largest absolute Gasteiger partial charge is 0.307 e. The van der Waals surface area contributed by atoms with E-state index in [1.807, 2.05) is 36.4 Å². The molecule has 0 aliphatic heterocycles. The summed E-state index contributed by atoms with van der Waals surface area (Å²) in [4.78, 5) is 20.6. The van der Waals surface area contributed by atoms with Crippen molar-refractivity contribution in [2.75, 3.05) is 0 Å². The second-order valence-corrected chi connectivity index (χ2v) is 15.8. The Morgan fingerprint density at radius 3 is 1.29 bits per heavy atom. The van der Waals surface area contributed by atoms with Crippen LogP contribution in [0, 0.1) is 0 Å². The Labute approximate surface area is 364 Å². The predicted octanol–water partition coefficient (Wildman–Crippen LogP) is 14.7. The maximum Gasteiger partial charge on any atom is 0.164 e. The third-order valence-corrected chi connectivity index (χ3v) is 12.1. The highest BCUT2D eigenvalue weighted by molar-refractivity contribution is 6.23. The van der Waals surface area contributed by atoms with Gasteiger partial charge in [-0.25, -0.2) is 19.9 Å². The fraction of sp³-hybridized carbons (Fsp3) is 0. The first kappa shape index (κ1) is 36.3. The summed E-state index contributed by atoms with van der Waals surface area (Å²) in [6.45, 7) is 0. The maximum absolute atomic E-state index is 5.53. The van der Waals surface area contributed by atoms with Crippen LogP contribution in [-0.4, -0.2) is 24.5 Å². The smallest absolute Gasteiger partial charge is 0.164 e. The quantitative estimate of drug-likeness (QED) is 0.151. The monoisotopic (exact) mass is 803 g/mol. The lowest BCUT2D eigenvalue weighted by atomic mass is 9.98. The van der Waals surface area contributed by atoms with Gasteiger partial charge in [0.2, 0.25) is 0 Å². The number of fused-ring (bicyclic) bond motifs is 7. The average molecular weight is 804 g/mol. The van der Waals surface area contributed by atoms with Gasteiger partial charge in [0, 0.05) is 49.5 Å². The first-order valence-electron chi connectivity index (χ1n) is 21.2. The molecule has 3 heterocycles. The molecule has 0 N–H and O–H groups in total. The van der Waals surface area contributed by atoms with Crippen molar-refractivity contribution < 1.29 is 0 Å². The van der Waals surface area contributed by atoms with E-state index < -0.39 is 0 Å². The summed E-state index contributed by atoms with van der Waals surface area (Å²) in [6.07, 6.45) is 0. The lowest BCUT2D eigenvalue weighted by Crippen LogP contribution is -2.00. The van der Waals surface area contributed by atoms with E-state index in [9.17, 15) is 0 Å². The summed E-state index contributed by atoms with van der Waals surface area (Å²) in [6, 6.07) is 78.7. The number of para-hydroxylation sites is 1. The Balaban J connectivity index is 0.986. The van der Waals surface area contributed by atoms with Crippen molar-refractivity contribution in [3.05, 3.63) is 224 Å². The third-order valence-electron chi connectivity index (χ3n) is 12.1. The zero-order chi connectivity index (χ0) is 41.7. The molecule has 0 saturated heterocycles. The molecule has 0 amide bonds. The van der Waals surface area contributed by atoms with Crippen LogP contribution in [0.5, 0.6) is 0 Å². The molecule has 0 unspecified atom stereocenters. The Morgan fingerprint density at radius 2 is 0.683 bits per heavy atom.